The Kier molecular flexibility index (Phi) is 6.97. The van der Waals surface area contributed by atoms with E-state index < -0.39 is 11.6 Å². The van der Waals surface area contributed by atoms with Gasteiger partial charge in [-0.05, 0) is 12.5 Å². The summed E-state index contributed by atoms with van der Waals surface area (Å²) >= 11 is 3.90. The van der Waals surface area contributed by atoms with Crippen molar-refractivity contribution in [2.24, 2.45) is 0 Å². The van der Waals surface area contributed by atoms with E-state index in [1.54, 1.807) is 7.11 Å². The number of nitrogens with one attached hydrogen (secondary N) is 1. The molecule has 0 aliphatic rings. The topological polar surface area (TPSA) is 99.9 Å². The molecule has 0 saturated carbocycles. The van der Waals surface area contributed by atoms with Crippen LogP contribution in [0.15, 0.2) is 18.2 Å². The standard InChI is InChI=1S/C11H17N2O6PS/c1-17-7-3-6-12-20(16,21)19-11-8-9(18-2)4-5-10(11)13(14)15/h4-5,8H,3,6-7H2,1-2H3,(H2,12,16,21). The average Bonchev–Trinajstić information content (AvgIpc) is 2.42. The lowest BCUT2D eigenvalue weighted by molar-refractivity contribution is -0.385. The Labute approximate surface area is 127 Å². The van der Waals surface area contributed by atoms with Gasteiger partial charge in [-0.1, -0.05) is 12.2 Å². The zero-order valence-corrected chi connectivity index (χ0v) is 13.4. The highest BCUT2D eigenvalue weighted by Gasteiger charge is 2.24. The number of hydrogen-bond acceptors (Lipinski definition) is 6. The SMILES string of the molecule is COCCCNP(=O)(S)Oc1cc(OC)ccc1[N+](=O)[O-]. The van der Waals surface area contributed by atoms with Gasteiger partial charge in [0.25, 0.3) is 0 Å². The molecule has 0 radical (unpaired) electrons. The fraction of sp³-hybridized carbons (Fsp3) is 0.455. The first-order chi connectivity index (χ1) is 9.89. The molecule has 0 amide bonds. The predicted molar refractivity (Wildman–Crippen MR) is 81.4 cm³/mol. The highest BCUT2D eigenvalue weighted by atomic mass is 32.7. The average molecular weight is 336 g/mol. The maximum atomic E-state index is 12.1. The number of hydrogen-bond donors (Lipinski definition) is 2. The Morgan fingerprint density at radius 2 is 2.14 bits per heavy atom. The van der Waals surface area contributed by atoms with Crippen LogP contribution in [0.1, 0.15) is 6.42 Å². The number of ether oxygens (including phenoxy) is 2. The number of benzene rings is 1. The molecule has 118 valence electrons. The van der Waals surface area contributed by atoms with Gasteiger partial charge in [-0.3, -0.25) is 10.1 Å². The van der Waals surface area contributed by atoms with E-state index in [2.05, 4.69) is 17.3 Å². The van der Waals surface area contributed by atoms with Crippen molar-refractivity contribution in [1.82, 2.24) is 5.09 Å². The first-order valence-electron chi connectivity index (χ1n) is 5.98. The Balaban J connectivity index is 2.84. The molecule has 0 aromatic heterocycles. The van der Waals surface area contributed by atoms with Crippen LogP contribution in [-0.2, 0) is 9.30 Å². The van der Waals surface area contributed by atoms with Crippen molar-refractivity contribution in [3.63, 3.8) is 0 Å². The fourth-order valence-electron chi connectivity index (χ4n) is 1.45. The third-order valence-electron chi connectivity index (χ3n) is 2.42. The summed E-state index contributed by atoms with van der Waals surface area (Å²) in [5.41, 5.74) is -0.316. The molecule has 21 heavy (non-hydrogen) atoms. The second-order valence-corrected chi connectivity index (χ2v) is 7.08. The molecule has 0 aliphatic heterocycles. The minimum Gasteiger partial charge on any atom is -0.497 e. The van der Waals surface area contributed by atoms with Gasteiger partial charge >= 0.3 is 12.4 Å². The van der Waals surface area contributed by atoms with Crippen LogP contribution in [0, 0.1) is 10.1 Å². The predicted octanol–water partition coefficient (Wildman–Crippen LogP) is 2.65. The van der Waals surface area contributed by atoms with E-state index >= 15 is 0 Å². The number of methoxy groups -OCH3 is 2. The van der Waals surface area contributed by atoms with Crippen LogP contribution in [0.2, 0.25) is 0 Å². The summed E-state index contributed by atoms with van der Waals surface area (Å²) in [5.74, 6) is 0.181. The van der Waals surface area contributed by atoms with Crippen molar-refractivity contribution in [2.45, 2.75) is 6.42 Å². The molecule has 1 aromatic rings. The van der Waals surface area contributed by atoms with Gasteiger partial charge in [0, 0.05) is 32.4 Å². The smallest absolute Gasteiger partial charge is 0.371 e. The summed E-state index contributed by atoms with van der Waals surface area (Å²) < 4.78 is 27.1. The third kappa shape index (κ3) is 5.92. The molecule has 0 saturated heterocycles. The number of thiol groups is 1. The molecule has 0 heterocycles. The molecule has 0 fully saturated rings. The summed E-state index contributed by atoms with van der Waals surface area (Å²) in [7, 11) is 2.96. The lowest BCUT2D eigenvalue weighted by Gasteiger charge is -2.15. The van der Waals surface area contributed by atoms with Gasteiger partial charge in [0.2, 0.25) is 5.75 Å². The van der Waals surface area contributed by atoms with Crippen LogP contribution in [0.4, 0.5) is 5.69 Å². The third-order valence-corrected chi connectivity index (χ3v) is 4.16. The molecule has 1 N–H and O–H groups in total. The summed E-state index contributed by atoms with van der Waals surface area (Å²) in [5, 5.41) is 13.5. The molecule has 8 nitrogen and oxygen atoms in total. The molecule has 0 bridgehead atoms. The van der Waals surface area contributed by atoms with Crippen molar-refractivity contribution in [2.75, 3.05) is 27.4 Å². The number of nitrogens with zero attached hydrogens (tertiary/aromatic N) is 1. The lowest BCUT2D eigenvalue weighted by Crippen LogP contribution is -2.14. The van der Waals surface area contributed by atoms with E-state index in [9.17, 15) is 14.7 Å². The molecule has 1 atom stereocenters. The lowest BCUT2D eigenvalue weighted by atomic mass is 10.3. The van der Waals surface area contributed by atoms with Crippen molar-refractivity contribution < 1.29 is 23.5 Å². The zero-order chi connectivity index (χ0) is 15.9. The second kappa shape index (κ2) is 8.23. The van der Waals surface area contributed by atoms with E-state index in [4.69, 9.17) is 14.0 Å². The molecule has 1 unspecified atom stereocenters. The maximum Gasteiger partial charge on any atom is 0.371 e. The van der Waals surface area contributed by atoms with E-state index in [1.807, 2.05) is 0 Å². The van der Waals surface area contributed by atoms with Gasteiger partial charge in [-0.15, -0.1) is 0 Å². The van der Waals surface area contributed by atoms with E-state index in [-0.39, 0.29) is 11.4 Å². The van der Waals surface area contributed by atoms with E-state index in [1.165, 1.54) is 25.3 Å². The van der Waals surface area contributed by atoms with Crippen molar-refractivity contribution in [3.8, 4) is 11.5 Å². The summed E-state index contributed by atoms with van der Waals surface area (Å²) in [6.07, 6.45) is 0.602. The van der Waals surface area contributed by atoms with Crippen LogP contribution in [-0.4, -0.2) is 32.3 Å². The molecule has 0 spiro atoms. The molecule has 1 rings (SSSR count). The van der Waals surface area contributed by atoms with Gasteiger partial charge < -0.3 is 14.0 Å². The minimum absolute atomic E-state index is 0.170. The zero-order valence-electron chi connectivity index (χ0n) is 11.6. The second-order valence-electron chi connectivity index (χ2n) is 3.96. The summed E-state index contributed by atoms with van der Waals surface area (Å²) in [4.78, 5) is 10.3. The monoisotopic (exact) mass is 336 g/mol. The molecular weight excluding hydrogens is 319 g/mol. The number of nitro groups is 1. The fourth-order valence-corrected chi connectivity index (χ4v) is 2.93. The largest absolute Gasteiger partial charge is 0.497 e. The maximum absolute atomic E-state index is 12.1. The van der Waals surface area contributed by atoms with Crippen molar-refractivity contribution >= 4 is 24.7 Å². The number of rotatable bonds is 9. The summed E-state index contributed by atoms with van der Waals surface area (Å²) in [6, 6.07) is 3.92. The van der Waals surface area contributed by atoms with Gasteiger partial charge in [0.1, 0.15) is 5.75 Å². The highest BCUT2D eigenvalue weighted by Crippen LogP contribution is 2.50. The Hall–Kier alpha value is -1.28. The van der Waals surface area contributed by atoms with Gasteiger partial charge in [0.15, 0.2) is 0 Å². The van der Waals surface area contributed by atoms with Crippen LogP contribution in [0.3, 0.4) is 0 Å². The first kappa shape index (κ1) is 17.8. The minimum atomic E-state index is -3.52. The van der Waals surface area contributed by atoms with E-state index in [0.29, 0.717) is 25.3 Å². The quantitative estimate of drug-likeness (QED) is 0.235. The molecular formula is C11H17N2O6PS. The Bertz CT molecular complexity index is 541. The Morgan fingerprint density at radius 3 is 2.71 bits per heavy atom. The first-order valence-corrected chi connectivity index (χ1v) is 8.76. The van der Waals surface area contributed by atoms with Gasteiger partial charge in [0.05, 0.1) is 12.0 Å². The summed E-state index contributed by atoms with van der Waals surface area (Å²) in [6.45, 7) is -2.70. The molecule has 0 aliphatic carbocycles. The van der Waals surface area contributed by atoms with Crippen LogP contribution < -0.4 is 14.3 Å². The van der Waals surface area contributed by atoms with Crippen LogP contribution >= 0.6 is 19.0 Å². The molecule has 10 heteroatoms. The normalized spacial score (nSPS) is 13.5. The van der Waals surface area contributed by atoms with Crippen molar-refractivity contribution in [3.05, 3.63) is 28.3 Å². The van der Waals surface area contributed by atoms with Crippen LogP contribution in [0.5, 0.6) is 11.5 Å². The van der Waals surface area contributed by atoms with Gasteiger partial charge in [-0.2, -0.15) is 0 Å². The van der Waals surface area contributed by atoms with Crippen LogP contribution in [0.25, 0.3) is 0 Å². The van der Waals surface area contributed by atoms with E-state index in [0.717, 1.165) is 0 Å². The molecule has 1 aromatic carbocycles. The highest BCUT2D eigenvalue weighted by molar-refractivity contribution is 8.45. The van der Waals surface area contributed by atoms with Crippen molar-refractivity contribution in [1.29, 1.82) is 0 Å². The Morgan fingerprint density at radius 1 is 1.43 bits per heavy atom. The number of nitro benzene ring substituents is 1. The van der Waals surface area contributed by atoms with Gasteiger partial charge in [-0.25, -0.2) is 9.65 Å².